The molecule has 0 fully saturated rings. The molecule has 0 saturated heterocycles. The molecule has 0 heterocycles. The molecule has 0 aliphatic carbocycles. The van der Waals surface area contributed by atoms with E-state index in [2.05, 4.69) is 5.32 Å². The van der Waals surface area contributed by atoms with Crippen molar-refractivity contribution in [3.05, 3.63) is 94.0 Å². The van der Waals surface area contributed by atoms with Crippen LogP contribution in [0.5, 0.6) is 0 Å². The van der Waals surface area contributed by atoms with E-state index in [9.17, 15) is 18.0 Å². The van der Waals surface area contributed by atoms with Gasteiger partial charge in [-0.15, -0.1) is 0 Å². The molecule has 39 heavy (non-hydrogen) atoms. The molecule has 0 radical (unpaired) electrons. The fourth-order valence-corrected chi connectivity index (χ4v) is 5.93. The average Bonchev–Trinajstić information content (AvgIpc) is 2.86. The zero-order valence-corrected chi connectivity index (χ0v) is 24.9. The van der Waals surface area contributed by atoms with Crippen LogP contribution in [-0.4, -0.2) is 43.3 Å². The zero-order valence-electron chi connectivity index (χ0n) is 22.6. The molecule has 2 amide bonds. The molecule has 3 aromatic carbocycles. The Bertz CT molecular complexity index is 1440. The van der Waals surface area contributed by atoms with Crippen LogP contribution in [0.25, 0.3) is 0 Å². The van der Waals surface area contributed by atoms with Gasteiger partial charge in [0, 0.05) is 22.1 Å². The number of amides is 2. The lowest BCUT2D eigenvalue weighted by atomic mass is 10.1. The van der Waals surface area contributed by atoms with Crippen LogP contribution >= 0.6 is 23.2 Å². The fraction of sp³-hybridized carbons (Fsp3) is 0.310. The fourth-order valence-electron chi connectivity index (χ4n) is 3.97. The molecule has 1 atom stereocenters. The van der Waals surface area contributed by atoms with E-state index in [-0.39, 0.29) is 17.3 Å². The van der Waals surface area contributed by atoms with Crippen molar-refractivity contribution in [2.75, 3.05) is 10.8 Å². The maximum Gasteiger partial charge on any atom is 0.264 e. The number of anilines is 1. The molecule has 0 aromatic heterocycles. The molecule has 3 rings (SSSR count). The Morgan fingerprint density at radius 3 is 2.15 bits per heavy atom. The Morgan fingerprint density at radius 1 is 0.949 bits per heavy atom. The standard InChI is InChI=1S/C29H33Cl2N3O4S/c1-20-11-9-10-14-26(20)34(39(37,38)24-12-7-6-8-13-24)19-27(35)33(21(2)28(36)32-29(3,4)5)18-22-15-16-23(30)17-25(22)31/h6-17,21H,18-19H2,1-5H3,(H,32,36)/t21-/m0/s1. The lowest BCUT2D eigenvalue weighted by Crippen LogP contribution is -2.54. The number of hydrogen-bond acceptors (Lipinski definition) is 4. The second kappa shape index (κ2) is 12.4. The van der Waals surface area contributed by atoms with Crippen LogP contribution in [0.1, 0.15) is 38.8 Å². The minimum atomic E-state index is -4.12. The van der Waals surface area contributed by atoms with E-state index in [1.807, 2.05) is 20.8 Å². The van der Waals surface area contributed by atoms with Gasteiger partial charge in [-0.05, 0) is 76.1 Å². The summed E-state index contributed by atoms with van der Waals surface area (Å²) in [5.41, 5.74) is 1.07. The highest BCUT2D eigenvalue weighted by Gasteiger charge is 2.34. The summed E-state index contributed by atoms with van der Waals surface area (Å²) in [6.45, 7) is 8.34. The lowest BCUT2D eigenvalue weighted by Gasteiger charge is -2.34. The normalized spacial score (nSPS) is 12.5. The largest absolute Gasteiger partial charge is 0.350 e. The Balaban J connectivity index is 2.06. The highest BCUT2D eigenvalue weighted by molar-refractivity contribution is 7.92. The maximum absolute atomic E-state index is 14.0. The molecule has 0 spiro atoms. The van der Waals surface area contributed by atoms with Crippen LogP contribution in [-0.2, 0) is 26.2 Å². The highest BCUT2D eigenvalue weighted by Crippen LogP contribution is 2.28. The van der Waals surface area contributed by atoms with Crippen LogP contribution < -0.4 is 9.62 Å². The third-order valence-electron chi connectivity index (χ3n) is 6.02. The minimum absolute atomic E-state index is 0.0272. The summed E-state index contributed by atoms with van der Waals surface area (Å²) >= 11 is 12.5. The number of sulfonamides is 1. The lowest BCUT2D eigenvalue weighted by molar-refractivity contribution is -0.140. The van der Waals surface area contributed by atoms with Crippen molar-refractivity contribution in [3.8, 4) is 0 Å². The van der Waals surface area contributed by atoms with Gasteiger partial charge in [0.25, 0.3) is 10.0 Å². The van der Waals surface area contributed by atoms with Gasteiger partial charge in [0.2, 0.25) is 11.8 Å². The van der Waals surface area contributed by atoms with Crippen molar-refractivity contribution in [2.45, 2.75) is 57.6 Å². The van der Waals surface area contributed by atoms with E-state index in [4.69, 9.17) is 23.2 Å². The van der Waals surface area contributed by atoms with Crippen molar-refractivity contribution in [3.63, 3.8) is 0 Å². The summed E-state index contributed by atoms with van der Waals surface area (Å²) in [5, 5.41) is 3.66. The number of rotatable bonds is 9. The van der Waals surface area contributed by atoms with Gasteiger partial charge >= 0.3 is 0 Å². The summed E-state index contributed by atoms with van der Waals surface area (Å²) in [6.07, 6.45) is 0. The van der Waals surface area contributed by atoms with Gasteiger partial charge in [-0.1, -0.05) is 65.7 Å². The number of hydrogen-bond donors (Lipinski definition) is 1. The van der Waals surface area contributed by atoms with Gasteiger partial charge in [0.1, 0.15) is 12.6 Å². The number of halogens is 2. The van der Waals surface area contributed by atoms with E-state index < -0.39 is 34.1 Å². The predicted octanol–water partition coefficient (Wildman–Crippen LogP) is 5.83. The van der Waals surface area contributed by atoms with E-state index in [1.165, 1.54) is 17.0 Å². The van der Waals surface area contributed by atoms with Crippen LogP contribution in [0.15, 0.2) is 77.7 Å². The van der Waals surface area contributed by atoms with E-state index in [0.717, 1.165) is 4.31 Å². The van der Waals surface area contributed by atoms with Crippen molar-refractivity contribution < 1.29 is 18.0 Å². The molecule has 3 aromatic rings. The number of carbonyl (C=O) groups is 2. The molecule has 0 aliphatic rings. The maximum atomic E-state index is 14.0. The molecule has 7 nitrogen and oxygen atoms in total. The number of nitrogens with zero attached hydrogens (tertiary/aromatic N) is 2. The van der Waals surface area contributed by atoms with Crippen molar-refractivity contribution in [1.82, 2.24) is 10.2 Å². The third kappa shape index (κ3) is 7.75. The quantitative estimate of drug-likeness (QED) is 0.340. The summed E-state index contributed by atoms with van der Waals surface area (Å²) in [4.78, 5) is 28.5. The summed E-state index contributed by atoms with van der Waals surface area (Å²) < 4.78 is 28.7. The van der Waals surface area contributed by atoms with Crippen LogP contribution in [0, 0.1) is 6.92 Å². The first-order chi connectivity index (χ1) is 18.2. The molecular weight excluding hydrogens is 557 g/mol. The Labute approximate surface area is 240 Å². The first-order valence-corrected chi connectivity index (χ1v) is 14.6. The van der Waals surface area contributed by atoms with Gasteiger partial charge in [-0.3, -0.25) is 13.9 Å². The monoisotopic (exact) mass is 589 g/mol. The average molecular weight is 591 g/mol. The first-order valence-electron chi connectivity index (χ1n) is 12.4. The molecule has 0 aliphatic heterocycles. The summed E-state index contributed by atoms with van der Waals surface area (Å²) in [6, 6.07) is 18.8. The molecule has 0 bridgehead atoms. The number of aryl methyl sites for hydroxylation is 1. The van der Waals surface area contributed by atoms with Crippen molar-refractivity contribution in [1.29, 1.82) is 0 Å². The molecule has 0 saturated carbocycles. The number of carbonyl (C=O) groups excluding carboxylic acids is 2. The first kappa shape index (κ1) is 30.5. The number of nitrogens with one attached hydrogen (secondary N) is 1. The molecular formula is C29H33Cl2N3O4S. The van der Waals surface area contributed by atoms with Gasteiger partial charge in [0.15, 0.2) is 0 Å². The second-order valence-corrected chi connectivity index (χ2v) is 13.0. The second-order valence-electron chi connectivity index (χ2n) is 10.3. The highest BCUT2D eigenvalue weighted by atomic mass is 35.5. The zero-order chi connectivity index (χ0) is 29.0. The van der Waals surface area contributed by atoms with Crippen LogP contribution in [0.4, 0.5) is 5.69 Å². The van der Waals surface area contributed by atoms with Gasteiger partial charge in [0.05, 0.1) is 10.6 Å². The van der Waals surface area contributed by atoms with Gasteiger partial charge in [-0.25, -0.2) is 8.42 Å². The van der Waals surface area contributed by atoms with Gasteiger partial charge in [-0.2, -0.15) is 0 Å². The Kier molecular flexibility index (Phi) is 9.69. The minimum Gasteiger partial charge on any atom is -0.350 e. The SMILES string of the molecule is Cc1ccccc1N(CC(=O)N(Cc1ccc(Cl)cc1Cl)[C@@H](C)C(=O)NC(C)(C)C)S(=O)(=O)c1ccccc1. The number of para-hydroxylation sites is 1. The smallest absolute Gasteiger partial charge is 0.264 e. The van der Waals surface area contributed by atoms with Crippen LogP contribution in [0.3, 0.4) is 0 Å². The van der Waals surface area contributed by atoms with E-state index in [1.54, 1.807) is 74.5 Å². The van der Waals surface area contributed by atoms with Crippen LogP contribution in [0.2, 0.25) is 10.0 Å². The van der Waals surface area contributed by atoms with E-state index >= 15 is 0 Å². The summed E-state index contributed by atoms with van der Waals surface area (Å²) in [5.74, 6) is -0.949. The predicted molar refractivity (Wildman–Crippen MR) is 157 cm³/mol. The summed E-state index contributed by atoms with van der Waals surface area (Å²) in [7, 11) is -4.12. The van der Waals surface area contributed by atoms with E-state index in [0.29, 0.717) is 26.9 Å². The molecule has 0 unspecified atom stereocenters. The Hall–Kier alpha value is -3.07. The topological polar surface area (TPSA) is 86.8 Å². The third-order valence-corrected chi connectivity index (χ3v) is 8.38. The molecule has 208 valence electrons. The Morgan fingerprint density at radius 2 is 1.56 bits per heavy atom. The van der Waals surface area contributed by atoms with Crippen molar-refractivity contribution >= 4 is 50.7 Å². The molecule has 10 heteroatoms. The van der Waals surface area contributed by atoms with Crippen molar-refractivity contribution in [2.24, 2.45) is 0 Å². The molecule has 1 N–H and O–H groups in total. The van der Waals surface area contributed by atoms with Gasteiger partial charge < -0.3 is 10.2 Å². The number of benzene rings is 3.